The van der Waals surface area contributed by atoms with E-state index in [2.05, 4.69) is 33.0 Å². The fourth-order valence-electron chi connectivity index (χ4n) is 2.25. The number of rotatable bonds is 10. The molecule has 1 N–H and O–H groups in total. The first kappa shape index (κ1) is 18.3. The van der Waals surface area contributed by atoms with Gasteiger partial charge in [-0.25, -0.2) is 0 Å². The van der Waals surface area contributed by atoms with Crippen LogP contribution in [0, 0.1) is 5.92 Å². The quantitative estimate of drug-likeness (QED) is 0.622. The number of unbranched alkanes of at least 4 members (excludes halogenated alkanes) is 1. The van der Waals surface area contributed by atoms with Crippen molar-refractivity contribution >= 4 is 11.6 Å². The molecule has 0 aliphatic carbocycles. The average molecular weight is 312 g/mol. The van der Waals surface area contributed by atoms with E-state index < -0.39 is 0 Å². The lowest BCUT2D eigenvalue weighted by Crippen LogP contribution is -2.22. The third-order valence-corrected chi connectivity index (χ3v) is 3.98. The van der Waals surface area contributed by atoms with Crippen molar-refractivity contribution < 1.29 is 4.74 Å². The highest BCUT2D eigenvalue weighted by molar-refractivity contribution is 6.30. The van der Waals surface area contributed by atoms with E-state index in [1.165, 1.54) is 25.7 Å². The molecule has 1 rings (SSSR count). The topological polar surface area (TPSA) is 21.3 Å². The van der Waals surface area contributed by atoms with Gasteiger partial charge in [0.05, 0.1) is 6.61 Å². The Balaban J connectivity index is 2.63. The van der Waals surface area contributed by atoms with Crippen molar-refractivity contribution in [3.63, 3.8) is 0 Å². The Kier molecular flexibility index (Phi) is 8.79. The van der Waals surface area contributed by atoms with Crippen molar-refractivity contribution in [3.8, 4) is 5.75 Å². The molecule has 0 fully saturated rings. The van der Waals surface area contributed by atoms with E-state index >= 15 is 0 Å². The van der Waals surface area contributed by atoms with Gasteiger partial charge in [-0.15, -0.1) is 0 Å². The Morgan fingerprint density at radius 3 is 2.62 bits per heavy atom. The van der Waals surface area contributed by atoms with Gasteiger partial charge in [0.15, 0.2) is 0 Å². The Bertz CT molecular complexity index is 406. The van der Waals surface area contributed by atoms with Gasteiger partial charge in [0.2, 0.25) is 0 Å². The van der Waals surface area contributed by atoms with Gasteiger partial charge in [0.1, 0.15) is 5.75 Å². The SMILES string of the molecule is CCCCC(CC)COc1ccc(Cl)cc1CNC(C)C. The maximum Gasteiger partial charge on any atom is 0.123 e. The van der Waals surface area contributed by atoms with Crippen LogP contribution in [0.2, 0.25) is 5.02 Å². The summed E-state index contributed by atoms with van der Waals surface area (Å²) in [5, 5.41) is 4.19. The second-order valence-electron chi connectivity index (χ2n) is 6.02. The van der Waals surface area contributed by atoms with Gasteiger partial charge < -0.3 is 10.1 Å². The van der Waals surface area contributed by atoms with Crippen LogP contribution < -0.4 is 10.1 Å². The molecule has 0 aliphatic heterocycles. The van der Waals surface area contributed by atoms with Gasteiger partial charge in [-0.1, -0.05) is 58.6 Å². The molecular formula is C18H30ClNO. The molecule has 0 amide bonds. The Morgan fingerprint density at radius 2 is 2.00 bits per heavy atom. The van der Waals surface area contributed by atoms with E-state index in [0.717, 1.165) is 29.5 Å². The number of halogens is 1. The summed E-state index contributed by atoms with van der Waals surface area (Å²) in [6, 6.07) is 6.35. The van der Waals surface area contributed by atoms with Crippen molar-refractivity contribution in [2.45, 2.75) is 66.0 Å². The highest BCUT2D eigenvalue weighted by Gasteiger charge is 2.10. The Morgan fingerprint density at radius 1 is 1.24 bits per heavy atom. The first-order valence-electron chi connectivity index (χ1n) is 8.21. The second-order valence-corrected chi connectivity index (χ2v) is 6.45. The normalized spacial score (nSPS) is 12.7. The monoisotopic (exact) mass is 311 g/mol. The molecule has 2 nitrogen and oxygen atoms in total. The van der Waals surface area contributed by atoms with Gasteiger partial charge in [-0.3, -0.25) is 0 Å². The van der Waals surface area contributed by atoms with Gasteiger partial charge >= 0.3 is 0 Å². The van der Waals surface area contributed by atoms with Crippen LogP contribution in [0.3, 0.4) is 0 Å². The highest BCUT2D eigenvalue weighted by Crippen LogP contribution is 2.24. The van der Waals surface area contributed by atoms with Crippen LogP contribution in [0.25, 0.3) is 0 Å². The van der Waals surface area contributed by atoms with Crippen LogP contribution in [-0.4, -0.2) is 12.6 Å². The van der Waals surface area contributed by atoms with Crippen LogP contribution in [0.15, 0.2) is 18.2 Å². The molecule has 0 aromatic heterocycles. The molecule has 0 aliphatic rings. The van der Waals surface area contributed by atoms with E-state index in [4.69, 9.17) is 16.3 Å². The molecule has 0 heterocycles. The standard InChI is InChI=1S/C18H30ClNO/c1-5-7-8-15(6-2)13-21-18-10-9-17(19)11-16(18)12-20-14(3)4/h9-11,14-15,20H,5-8,12-13H2,1-4H3. The van der Waals surface area contributed by atoms with E-state index in [1.807, 2.05) is 18.2 Å². The van der Waals surface area contributed by atoms with Crippen LogP contribution >= 0.6 is 11.6 Å². The average Bonchev–Trinajstić information content (AvgIpc) is 2.46. The number of hydrogen-bond acceptors (Lipinski definition) is 2. The molecule has 1 aromatic rings. The third-order valence-electron chi connectivity index (χ3n) is 3.74. The minimum absolute atomic E-state index is 0.449. The second kappa shape index (κ2) is 10.1. The molecule has 21 heavy (non-hydrogen) atoms. The molecule has 0 spiro atoms. The van der Waals surface area contributed by atoms with Crippen molar-refractivity contribution in [1.29, 1.82) is 0 Å². The number of nitrogens with one attached hydrogen (secondary N) is 1. The Labute approximate surface area is 135 Å². The summed E-state index contributed by atoms with van der Waals surface area (Å²) < 4.78 is 6.08. The lowest BCUT2D eigenvalue weighted by Gasteiger charge is -2.18. The van der Waals surface area contributed by atoms with E-state index in [-0.39, 0.29) is 0 Å². The lowest BCUT2D eigenvalue weighted by molar-refractivity contribution is 0.231. The summed E-state index contributed by atoms with van der Waals surface area (Å²) in [4.78, 5) is 0. The zero-order valence-corrected chi connectivity index (χ0v) is 14.7. The maximum absolute atomic E-state index is 6.11. The van der Waals surface area contributed by atoms with Crippen molar-refractivity contribution in [2.75, 3.05) is 6.61 Å². The molecule has 0 radical (unpaired) electrons. The van der Waals surface area contributed by atoms with Gasteiger partial charge in [0, 0.05) is 23.2 Å². The molecular weight excluding hydrogens is 282 g/mol. The van der Waals surface area contributed by atoms with E-state index in [1.54, 1.807) is 0 Å². The minimum atomic E-state index is 0.449. The molecule has 1 aromatic carbocycles. The summed E-state index contributed by atoms with van der Waals surface area (Å²) in [5.74, 6) is 1.61. The van der Waals surface area contributed by atoms with Crippen LogP contribution in [0.4, 0.5) is 0 Å². The van der Waals surface area contributed by atoms with Gasteiger partial charge in [-0.2, -0.15) is 0 Å². The molecule has 3 heteroatoms. The number of hydrogen-bond donors (Lipinski definition) is 1. The number of benzene rings is 1. The highest BCUT2D eigenvalue weighted by atomic mass is 35.5. The van der Waals surface area contributed by atoms with Gasteiger partial charge in [0.25, 0.3) is 0 Å². The van der Waals surface area contributed by atoms with Crippen molar-refractivity contribution in [1.82, 2.24) is 5.32 Å². The molecule has 120 valence electrons. The van der Waals surface area contributed by atoms with Crippen LogP contribution in [-0.2, 0) is 6.54 Å². The molecule has 1 atom stereocenters. The first-order chi connectivity index (χ1) is 10.1. The fourth-order valence-corrected chi connectivity index (χ4v) is 2.44. The predicted octanol–water partition coefficient (Wildman–Crippen LogP) is 5.43. The van der Waals surface area contributed by atoms with Crippen LogP contribution in [0.5, 0.6) is 5.75 Å². The zero-order valence-electron chi connectivity index (χ0n) is 13.9. The maximum atomic E-state index is 6.11. The van der Waals surface area contributed by atoms with Crippen molar-refractivity contribution in [2.24, 2.45) is 5.92 Å². The number of ether oxygens (including phenoxy) is 1. The summed E-state index contributed by atoms with van der Waals surface area (Å²) >= 11 is 6.11. The third kappa shape index (κ3) is 7.19. The molecule has 0 saturated heterocycles. The van der Waals surface area contributed by atoms with Crippen LogP contribution in [0.1, 0.15) is 58.9 Å². The zero-order chi connectivity index (χ0) is 15.7. The summed E-state index contributed by atoms with van der Waals surface area (Å²) in [7, 11) is 0. The smallest absolute Gasteiger partial charge is 0.123 e. The first-order valence-corrected chi connectivity index (χ1v) is 8.59. The summed E-state index contributed by atoms with van der Waals surface area (Å²) in [5.41, 5.74) is 1.14. The van der Waals surface area contributed by atoms with Crippen molar-refractivity contribution in [3.05, 3.63) is 28.8 Å². The fraction of sp³-hybridized carbons (Fsp3) is 0.667. The molecule has 1 unspecified atom stereocenters. The molecule has 0 saturated carbocycles. The van der Waals surface area contributed by atoms with Gasteiger partial charge in [-0.05, 0) is 30.5 Å². The van der Waals surface area contributed by atoms with E-state index in [9.17, 15) is 0 Å². The Hall–Kier alpha value is -0.730. The molecule has 0 bridgehead atoms. The van der Waals surface area contributed by atoms with E-state index in [0.29, 0.717) is 12.0 Å². The summed E-state index contributed by atoms with van der Waals surface area (Å²) in [6.07, 6.45) is 4.96. The largest absolute Gasteiger partial charge is 0.493 e. The predicted molar refractivity (Wildman–Crippen MR) is 92.2 cm³/mol. The minimum Gasteiger partial charge on any atom is -0.493 e. The summed E-state index contributed by atoms with van der Waals surface area (Å²) in [6.45, 7) is 10.4. The lowest BCUT2D eigenvalue weighted by atomic mass is 10.0.